The fourth-order valence-corrected chi connectivity index (χ4v) is 1.81. The van der Waals surface area contributed by atoms with Crippen molar-refractivity contribution < 1.29 is 9.53 Å². The monoisotopic (exact) mass is 252 g/mol. The fourth-order valence-electron chi connectivity index (χ4n) is 1.66. The standard InChI is InChI=1S/C14H20O2S/c1-4-16-14(2,3)13(15)10-7-11-5-8-12(17)9-6-11/h5-6,8-9,17H,4,7,10H2,1-3H3. The molecule has 0 bridgehead atoms. The number of ketones is 1. The summed E-state index contributed by atoms with van der Waals surface area (Å²) in [4.78, 5) is 12.9. The Bertz CT molecular complexity index is 368. The van der Waals surface area contributed by atoms with Crippen LogP contribution in [-0.4, -0.2) is 18.0 Å². The minimum Gasteiger partial charge on any atom is -0.368 e. The second-order valence-electron chi connectivity index (χ2n) is 4.53. The van der Waals surface area contributed by atoms with Gasteiger partial charge >= 0.3 is 0 Å². The second kappa shape index (κ2) is 6.22. The van der Waals surface area contributed by atoms with Gasteiger partial charge in [0.25, 0.3) is 0 Å². The molecule has 0 fully saturated rings. The van der Waals surface area contributed by atoms with Gasteiger partial charge in [0.05, 0.1) is 0 Å². The van der Waals surface area contributed by atoms with Crippen LogP contribution in [0.15, 0.2) is 29.2 Å². The number of hydrogen-bond donors (Lipinski definition) is 1. The van der Waals surface area contributed by atoms with Crippen molar-refractivity contribution in [3.63, 3.8) is 0 Å². The molecule has 17 heavy (non-hydrogen) atoms. The molecule has 0 N–H and O–H groups in total. The first-order valence-corrected chi connectivity index (χ1v) is 6.35. The number of Topliss-reactive ketones (excluding diaryl/α,β-unsaturated/α-hetero) is 1. The van der Waals surface area contributed by atoms with Crippen molar-refractivity contribution in [1.29, 1.82) is 0 Å². The van der Waals surface area contributed by atoms with E-state index in [2.05, 4.69) is 12.6 Å². The van der Waals surface area contributed by atoms with Crippen molar-refractivity contribution >= 4 is 18.4 Å². The third-order valence-corrected chi connectivity index (χ3v) is 3.05. The van der Waals surface area contributed by atoms with E-state index >= 15 is 0 Å². The van der Waals surface area contributed by atoms with Gasteiger partial charge in [-0.05, 0) is 44.9 Å². The molecule has 1 aromatic rings. The number of carbonyl (C=O) groups excluding carboxylic acids is 1. The fraction of sp³-hybridized carbons (Fsp3) is 0.500. The molecule has 3 heteroatoms. The summed E-state index contributed by atoms with van der Waals surface area (Å²) in [5, 5.41) is 0. The number of thiol groups is 1. The van der Waals surface area contributed by atoms with Gasteiger partial charge in [0.1, 0.15) is 5.60 Å². The molecule has 0 unspecified atom stereocenters. The van der Waals surface area contributed by atoms with Crippen molar-refractivity contribution in [3.05, 3.63) is 29.8 Å². The highest BCUT2D eigenvalue weighted by atomic mass is 32.1. The zero-order chi connectivity index (χ0) is 12.9. The van der Waals surface area contributed by atoms with Crippen molar-refractivity contribution in [2.45, 2.75) is 44.1 Å². The van der Waals surface area contributed by atoms with Gasteiger partial charge in [0.15, 0.2) is 5.78 Å². The van der Waals surface area contributed by atoms with Gasteiger partial charge in [-0.3, -0.25) is 4.79 Å². The molecule has 2 nitrogen and oxygen atoms in total. The molecule has 0 aliphatic heterocycles. The van der Waals surface area contributed by atoms with Crippen molar-refractivity contribution in [2.24, 2.45) is 0 Å². The summed E-state index contributed by atoms with van der Waals surface area (Å²) in [5.74, 6) is 0.148. The number of ether oxygens (including phenoxy) is 1. The Kier molecular flexibility index (Phi) is 5.22. The largest absolute Gasteiger partial charge is 0.368 e. The molecule has 0 saturated carbocycles. The van der Waals surface area contributed by atoms with E-state index in [-0.39, 0.29) is 5.78 Å². The molecule has 1 rings (SSSR count). The van der Waals surface area contributed by atoms with Crippen molar-refractivity contribution in [2.75, 3.05) is 6.61 Å². The van der Waals surface area contributed by atoms with Crippen molar-refractivity contribution in [3.8, 4) is 0 Å². The van der Waals surface area contributed by atoms with Gasteiger partial charge in [0.2, 0.25) is 0 Å². The zero-order valence-electron chi connectivity index (χ0n) is 10.7. The number of benzene rings is 1. The van der Waals surface area contributed by atoms with Gasteiger partial charge in [-0.25, -0.2) is 0 Å². The predicted molar refractivity (Wildman–Crippen MR) is 72.7 cm³/mol. The number of carbonyl (C=O) groups is 1. The third-order valence-electron chi connectivity index (χ3n) is 2.75. The maximum Gasteiger partial charge on any atom is 0.164 e. The highest BCUT2D eigenvalue weighted by Gasteiger charge is 2.26. The van der Waals surface area contributed by atoms with E-state index in [9.17, 15) is 4.79 Å². The quantitative estimate of drug-likeness (QED) is 0.786. The second-order valence-corrected chi connectivity index (χ2v) is 5.05. The van der Waals surface area contributed by atoms with Crippen LogP contribution in [0.2, 0.25) is 0 Å². The van der Waals surface area contributed by atoms with E-state index in [0.717, 1.165) is 16.9 Å². The first-order valence-electron chi connectivity index (χ1n) is 5.91. The molecule has 0 amide bonds. The Morgan fingerprint density at radius 3 is 2.41 bits per heavy atom. The average molecular weight is 252 g/mol. The molecule has 0 heterocycles. The third kappa shape index (κ3) is 4.52. The molecular formula is C14H20O2S. The number of rotatable bonds is 6. The lowest BCUT2D eigenvalue weighted by Gasteiger charge is -2.22. The molecule has 1 aromatic carbocycles. The van der Waals surface area contributed by atoms with Gasteiger partial charge in [-0.2, -0.15) is 0 Å². The van der Waals surface area contributed by atoms with Gasteiger partial charge < -0.3 is 4.74 Å². The lowest BCUT2D eigenvalue weighted by Crippen LogP contribution is -2.35. The maximum absolute atomic E-state index is 12.0. The molecule has 94 valence electrons. The Balaban J connectivity index is 2.50. The zero-order valence-corrected chi connectivity index (χ0v) is 11.6. The Labute approximate surface area is 109 Å². The first-order chi connectivity index (χ1) is 7.95. The minimum atomic E-state index is -0.668. The first kappa shape index (κ1) is 14.3. The number of aryl methyl sites for hydroxylation is 1. The number of hydrogen-bond acceptors (Lipinski definition) is 3. The maximum atomic E-state index is 12.0. The van der Waals surface area contributed by atoms with Crippen LogP contribution in [0.3, 0.4) is 0 Å². The van der Waals surface area contributed by atoms with Crippen LogP contribution in [-0.2, 0) is 16.0 Å². The van der Waals surface area contributed by atoms with E-state index in [1.807, 2.05) is 45.0 Å². The summed E-state index contributed by atoms with van der Waals surface area (Å²) in [6.07, 6.45) is 1.27. The van der Waals surface area contributed by atoms with Crippen molar-refractivity contribution in [1.82, 2.24) is 0 Å². The molecule has 0 radical (unpaired) electrons. The van der Waals surface area contributed by atoms with Crippen LogP contribution >= 0.6 is 12.6 Å². The molecule has 0 aromatic heterocycles. The summed E-state index contributed by atoms with van der Waals surface area (Å²) in [6.45, 7) is 6.12. The van der Waals surface area contributed by atoms with Gasteiger partial charge in [-0.1, -0.05) is 12.1 Å². The Morgan fingerprint density at radius 2 is 1.88 bits per heavy atom. The van der Waals surface area contributed by atoms with E-state index in [0.29, 0.717) is 13.0 Å². The predicted octanol–water partition coefficient (Wildman–Crippen LogP) is 3.29. The SMILES string of the molecule is CCOC(C)(C)C(=O)CCc1ccc(S)cc1. The smallest absolute Gasteiger partial charge is 0.164 e. The van der Waals surface area contributed by atoms with Crippen LogP contribution < -0.4 is 0 Å². The normalized spacial score (nSPS) is 11.5. The molecule has 0 aliphatic rings. The Morgan fingerprint density at radius 1 is 1.29 bits per heavy atom. The minimum absolute atomic E-state index is 0.148. The summed E-state index contributed by atoms with van der Waals surface area (Å²) >= 11 is 4.23. The summed E-state index contributed by atoms with van der Waals surface area (Å²) < 4.78 is 5.44. The van der Waals surface area contributed by atoms with Crippen LogP contribution in [0.5, 0.6) is 0 Å². The van der Waals surface area contributed by atoms with E-state index in [4.69, 9.17) is 4.74 Å². The van der Waals surface area contributed by atoms with Crippen LogP contribution in [0, 0.1) is 0 Å². The molecule has 0 atom stereocenters. The summed E-state index contributed by atoms with van der Waals surface area (Å²) in [5.41, 5.74) is 0.488. The Hall–Kier alpha value is -0.800. The van der Waals surface area contributed by atoms with Crippen LogP contribution in [0.4, 0.5) is 0 Å². The van der Waals surface area contributed by atoms with Crippen LogP contribution in [0.1, 0.15) is 32.8 Å². The van der Waals surface area contributed by atoms with Gasteiger partial charge in [-0.15, -0.1) is 12.6 Å². The lowest BCUT2D eigenvalue weighted by atomic mass is 9.97. The van der Waals surface area contributed by atoms with E-state index in [1.165, 1.54) is 0 Å². The molecular weight excluding hydrogens is 232 g/mol. The van der Waals surface area contributed by atoms with Crippen LogP contribution in [0.25, 0.3) is 0 Å². The molecule has 0 aliphatic carbocycles. The topological polar surface area (TPSA) is 26.3 Å². The molecule has 0 spiro atoms. The highest BCUT2D eigenvalue weighted by Crippen LogP contribution is 2.16. The van der Waals surface area contributed by atoms with E-state index in [1.54, 1.807) is 0 Å². The summed E-state index contributed by atoms with van der Waals surface area (Å²) in [7, 11) is 0. The molecule has 0 saturated heterocycles. The summed E-state index contributed by atoms with van der Waals surface area (Å²) in [6, 6.07) is 7.89. The van der Waals surface area contributed by atoms with Gasteiger partial charge in [0, 0.05) is 17.9 Å². The van der Waals surface area contributed by atoms with E-state index < -0.39 is 5.60 Å². The lowest BCUT2D eigenvalue weighted by molar-refractivity contribution is -0.139. The highest BCUT2D eigenvalue weighted by molar-refractivity contribution is 7.80. The average Bonchev–Trinajstić information content (AvgIpc) is 2.27.